The quantitative estimate of drug-likeness (QED) is 0.536. The number of aryl methyl sites for hydroxylation is 2. The Bertz CT molecular complexity index is 1000. The van der Waals surface area contributed by atoms with Crippen molar-refractivity contribution < 1.29 is 23.8 Å². The zero-order chi connectivity index (χ0) is 24.8. The Morgan fingerprint density at radius 3 is 2.65 bits per heavy atom. The van der Waals surface area contributed by atoms with Crippen LogP contribution in [-0.2, 0) is 21.3 Å². The van der Waals surface area contributed by atoms with Crippen LogP contribution in [0.1, 0.15) is 59.1 Å². The lowest BCUT2D eigenvalue weighted by atomic mass is 10.0. The average molecular weight is 474 g/mol. The van der Waals surface area contributed by atoms with Crippen LogP contribution in [0.3, 0.4) is 0 Å². The van der Waals surface area contributed by atoms with Crippen LogP contribution in [0.25, 0.3) is 11.4 Å². The number of carbonyl (C=O) groups is 2. The Hall–Kier alpha value is -3.17. The molecule has 0 bridgehead atoms. The first kappa shape index (κ1) is 25.5. The van der Waals surface area contributed by atoms with Crippen LogP contribution in [0.5, 0.6) is 5.75 Å². The van der Waals surface area contributed by atoms with Crippen molar-refractivity contribution in [2.24, 2.45) is 18.9 Å². The number of nitrogens with zero attached hydrogens (tertiary/aromatic N) is 4. The zero-order valence-corrected chi connectivity index (χ0v) is 20.8. The maximum Gasteiger partial charge on any atom is 0.412 e. The molecule has 0 radical (unpaired) electrons. The summed E-state index contributed by atoms with van der Waals surface area (Å²) in [4.78, 5) is 28.7. The number of rotatable bonds is 9. The number of aromatic nitrogens is 4. The van der Waals surface area contributed by atoms with Gasteiger partial charge >= 0.3 is 12.1 Å². The topological polar surface area (TPSA) is 117 Å². The predicted molar refractivity (Wildman–Crippen MR) is 126 cm³/mol. The van der Waals surface area contributed by atoms with E-state index in [-0.39, 0.29) is 30.0 Å². The summed E-state index contributed by atoms with van der Waals surface area (Å²) in [7, 11) is 1.69. The van der Waals surface area contributed by atoms with Gasteiger partial charge in [-0.1, -0.05) is 19.1 Å². The van der Waals surface area contributed by atoms with Crippen LogP contribution in [0, 0.1) is 18.8 Å². The molecule has 1 fully saturated rings. The van der Waals surface area contributed by atoms with E-state index in [1.807, 2.05) is 40.7 Å². The maximum absolute atomic E-state index is 12.1. The highest BCUT2D eigenvalue weighted by molar-refractivity contribution is 5.88. The molecule has 2 aromatic heterocycles. The van der Waals surface area contributed by atoms with Crippen LogP contribution in [0.4, 0.5) is 10.6 Å². The highest BCUT2D eigenvalue weighted by Gasteiger charge is 2.29. The molecule has 34 heavy (non-hydrogen) atoms. The summed E-state index contributed by atoms with van der Waals surface area (Å²) in [6.07, 6.45) is 2.43. The van der Waals surface area contributed by atoms with E-state index >= 15 is 0 Å². The van der Waals surface area contributed by atoms with E-state index in [2.05, 4.69) is 20.6 Å². The number of ether oxygens (including phenoxy) is 3. The summed E-state index contributed by atoms with van der Waals surface area (Å²) in [6, 6.07) is 3.65. The lowest BCUT2D eigenvalue weighted by Gasteiger charge is -2.16. The van der Waals surface area contributed by atoms with Gasteiger partial charge in [-0.25, -0.2) is 14.5 Å². The summed E-state index contributed by atoms with van der Waals surface area (Å²) in [6.45, 7) is 9.83. The fourth-order valence-electron chi connectivity index (χ4n) is 3.90. The van der Waals surface area contributed by atoms with E-state index in [9.17, 15) is 9.59 Å². The highest BCUT2D eigenvalue weighted by atomic mass is 16.5. The summed E-state index contributed by atoms with van der Waals surface area (Å²) < 4.78 is 18.1. The van der Waals surface area contributed by atoms with Crippen LogP contribution >= 0.6 is 0 Å². The smallest absolute Gasteiger partial charge is 0.412 e. The number of hydrogen-bond donors (Lipinski definition) is 1. The van der Waals surface area contributed by atoms with Gasteiger partial charge in [-0.2, -0.15) is 0 Å². The summed E-state index contributed by atoms with van der Waals surface area (Å²) in [5, 5.41) is 10.9. The number of esters is 1. The van der Waals surface area contributed by atoms with Gasteiger partial charge in [0.2, 0.25) is 0 Å². The number of amides is 1. The minimum Gasteiger partial charge on any atom is -0.489 e. The van der Waals surface area contributed by atoms with Crippen LogP contribution < -0.4 is 10.1 Å². The molecule has 2 heterocycles. The first-order valence-electron chi connectivity index (χ1n) is 11.8. The normalized spacial score (nSPS) is 17.8. The van der Waals surface area contributed by atoms with Crippen LogP contribution in [0.15, 0.2) is 12.1 Å². The maximum atomic E-state index is 12.1. The summed E-state index contributed by atoms with van der Waals surface area (Å²) in [5.74, 6) is 1.45. The van der Waals surface area contributed by atoms with E-state index in [4.69, 9.17) is 14.2 Å². The third-order valence-electron chi connectivity index (χ3n) is 5.48. The molecule has 0 spiro atoms. The van der Waals surface area contributed by atoms with Crippen molar-refractivity contribution in [3.05, 3.63) is 17.8 Å². The SMILES string of the molecule is Cc1nc(-c2nnn(C)c2NC(=O)OCC(C)C)ccc1O[C@H]1CC[C@H](CC(=O)OC(C)C)C1. The average Bonchev–Trinajstić information content (AvgIpc) is 3.34. The van der Waals surface area contributed by atoms with E-state index < -0.39 is 6.09 Å². The lowest BCUT2D eigenvalue weighted by molar-refractivity contribution is -0.148. The van der Waals surface area contributed by atoms with Gasteiger partial charge < -0.3 is 14.2 Å². The van der Waals surface area contributed by atoms with Gasteiger partial charge in [-0.05, 0) is 64.0 Å². The Kier molecular flexibility index (Phi) is 8.46. The summed E-state index contributed by atoms with van der Waals surface area (Å²) in [5.41, 5.74) is 1.72. The molecule has 1 aliphatic carbocycles. The largest absolute Gasteiger partial charge is 0.489 e. The molecule has 3 rings (SSSR count). The second kappa shape index (κ2) is 11.3. The zero-order valence-electron chi connectivity index (χ0n) is 20.8. The number of hydrogen-bond acceptors (Lipinski definition) is 8. The van der Waals surface area contributed by atoms with Crippen molar-refractivity contribution in [1.82, 2.24) is 20.0 Å². The lowest BCUT2D eigenvalue weighted by Crippen LogP contribution is -2.19. The molecular weight excluding hydrogens is 438 g/mol. The second-order valence-electron chi connectivity index (χ2n) is 9.47. The Balaban J connectivity index is 1.63. The Morgan fingerprint density at radius 2 is 1.97 bits per heavy atom. The minimum atomic E-state index is -0.565. The van der Waals surface area contributed by atoms with Crippen molar-refractivity contribution in [2.75, 3.05) is 11.9 Å². The Labute approximate surface area is 200 Å². The molecule has 10 heteroatoms. The highest BCUT2D eigenvalue weighted by Crippen LogP contribution is 2.33. The van der Waals surface area contributed by atoms with E-state index in [0.29, 0.717) is 41.7 Å². The molecule has 2 atom stereocenters. The molecule has 186 valence electrons. The molecule has 0 aliphatic heterocycles. The first-order valence-corrected chi connectivity index (χ1v) is 11.8. The van der Waals surface area contributed by atoms with Gasteiger partial charge in [-0.3, -0.25) is 10.1 Å². The third-order valence-corrected chi connectivity index (χ3v) is 5.48. The van der Waals surface area contributed by atoms with Crippen molar-refractivity contribution in [1.29, 1.82) is 0 Å². The van der Waals surface area contributed by atoms with Crippen molar-refractivity contribution in [3.8, 4) is 17.1 Å². The van der Waals surface area contributed by atoms with Crippen molar-refractivity contribution in [2.45, 2.75) is 72.5 Å². The molecule has 1 saturated carbocycles. The molecule has 2 aromatic rings. The molecule has 0 saturated heterocycles. The number of nitrogens with one attached hydrogen (secondary N) is 1. The van der Waals surface area contributed by atoms with Crippen LogP contribution in [0.2, 0.25) is 0 Å². The number of carbonyl (C=O) groups excluding carboxylic acids is 2. The van der Waals surface area contributed by atoms with Gasteiger partial charge in [0.25, 0.3) is 0 Å². The fourth-order valence-corrected chi connectivity index (χ4v) is 3.90. The molecular formula is C24H35N5O5. The number of anilines is 1. The molecule has 0 unspecified atom stereocenters. The first-order chi connectivity index (χ1) is 16.1. The number of pyridine rings is 1. The molecule has 1 N–H and O–H groups in total. The second-order valence-corrected chi connectivity index (χ2v) is 9.47. The van der Waals surface area contributed by atoms with E-state index in [1.165, 1.54) is 4.68 Å². The fraction of sp³-hybridized carbons (Fsp3) is 0.625. The molecule has 0 aromatic carbocycles. The minimum absolute atomic E-state index is 0.0349. The van der Waals surface area contributed by atoms with Crippen LogP contribution in [-0.4, -0.2) is 50.9 Å². The monoisotopic (exact) mass is 473 g/mol. The van der Waals surface area contributed by atoms with Crippen molar-refractivity contribution >= 4 is 17.9 Å². The van der Waals surface area contributed by atoms with E-state index in [1.54, 1.807) is 13.1 Å². The van der Waals surface area contributed by atoms with Gasteiger partial charge in [-0.15, -0.1) is 5.10 Å². The molecule has 1 aliphatic rings. The van der Waals surface area contributed by atoms with Gasteiger partial charge in [0.1, 0.15) is 5.75 Å². The predicted octanol–water partition coefficient (Wildman–Crippen LogP) is 4.28. The molecule has 1 amide bonds. The van der Waals surface area contributed by atoms with Crippen molar-refractivity contribution in [3.63, 3.8) is 0 Å². The molecule has 10 nitrogen and oxygen atoms in total. The van der Waals surface area contributed by atoms with Gasteiger partial charge in [0.15, 0.2) is 11.5 Å². The van der Waals surface area contributed by atoms with Gasteiger partial charge in [0.05, 0.1) is 30.2 Å². The van der Waals surface area contributed by atoms with Gasteiger partial charge in [0, 0.05) is 13.5 Å². The standard InChI is InChI=1S/C24H35N5O5/c1-14(2)13-32-24(31)26-23-22(27-28-29(23)6)19-9-10-20(16(5)25-19)34-18-8-7-17(11-18)12-21(30)33-15(3)4/h9-10,14-15,17-18H,7-8,11-13H2,1-6H3,(H,26,31)/t17-,18-/m0/s1. The Morgan fingerprint density at radius 1 is 1.21 bits per heavy atom. The summed E-state index contributed by atoms with van der Waals surface area (Å²) >= 11 is 0. The third kappa shape index (κ3) is 6.91. The van der Waals surface area contributed by atoms with E-state index in [0.717, 1.165) is 19.3 Å².